The first kappa shape index (κ1) is 23.9. The second-order valence-electron chi connectivity index (χ2n) is 7.51. The van der Waals surface area contributed by atoms with E-state index in [0.717, 1.165) is 12.8 Å². The Labute approximate surface area is 151 Å². The molecule has 0 heterocycles. The Morgan fingerprint density at radius 2 is 0.958 bits per heavy atom. The molecule has 3 nitrogen and oxygen atoms in total. The predicted octanol–water partition coefficient (Wildman–Crippen LogP) is 5.32. The van der Waals surface area contributed by atoms with Crippen LogP contribution in [-0.2, 0) is 0 Å². The normalized spacial score (nSPS) is 14.0. The molecule has 24 heavy (non-hydrogen) atoms. The molecule has 4 N–H and O–H groups in total. The summed E-state index contributed by atoms with van der Waals surface area (Å²) in [5, 5.41) is 18.2. The van der Waals surface area contributed by atoms with Gasteiger partial charge in [0.2, 0.25) is 0 Å². The lowest BCUT2D eigenvalue weighted by molar-refractivity contribution is 0.0711. The van der Waals surface area contributed by atoms with E-state index < -0.39 is 6.10 Å². The monoisotopic (exact) mass is 343 g/mol. The quantitative estimate of drug-likeness (QED) is 0.278. The number of hydrogen-bond acceptors (Lipinski definition) is 3. The minimum absolute atomic E-state index is 0.222. The van der Waals surface area contributed by atoms with Crippen molar-refractivity contribution in [3.05, 3.63) is 0 Å². The Morgan fingerprint density at radius 3 is 1.29 bits per heavy atom. The maximum atomic E-state index is 9.38. The molecule has 146 valence electrons. The van der Waals surface area contributed by atoms with Gasteiger partial charge >= 0.3 is 0 Å². The second-order valence-corrected chi connectivity index (χ2v) is 7.51. The molecule has 0 saturated carbocycles. The molecule has 0 amide bonds. The van der Waals surface area contributed by atoms with E-state index >= 15 is 0 Å². The van der Waals surface area contributed by atoms with Crippen LogP contribution in [0.2, 0.25) is 0 Å². The van der Waals surface area contributed by atoms with Crippen LogP contribution in [0.25, 0.3) is 0 Å². The number of aliphatic hydroxyl groups is 2. The molecule has 0 aliphatic rings. The fourth-order valence-electron chi connectivity index (χ4n) is 3.26. The third kappa shape index (κ3) is 16.7. The summed E-state index contributed by atoms with van der Waals surface area (Å²) >= 11 is 0. The lowest BCUT2D eigenvalue weighted by Crippen LogP contribution is -2.37. The van der Waals surface area contributed by atoms with Gasteiger partial charge in [-0.2, -0.15) is 0 Å². The standard InChI is InChI=1S/C21H45NO2/c1-2-3-4-5-6-7-8-9-10-11-12-13-14-15-16-17-18-20(22)21(24)19-23/h20-21,23-24H,2-19,22H2,1H3/t20-,21+/m0/s1. The van der Waals surface area contributed by atoms with E-state index in [2.05, 4.69) is 6.92 Å². The molecule has 3 heteroatoms. The first-order valence-corrected chi connectivity index (χ1v) is 10.8. The first-order valence-electron chi connectivity index (χ1n) is 10.8. The first-order chi connectivity index (χ1) is 11.7. The molecule has 0 aromatic heterocycles. The summed E-state index contributed by atoms with van der Waals surface area (Å²) in [6.07, 6.45) is 21.9. The molecule has 0 rings (SSSR count). The van der Waals surface area contributed by atoms with Gasteiger partial charge in [-0.1, -0.05) is 110 Å². The average Bonchev–Trinajstić information content (AvgIpc) is 2.60. The van der Waals surface area contributed by atoms with Crippen LogP contribution in [0.1, 0.15) is 116 Å². The molecule has 0 spiro atoms. The van der Waals surface area contributed by atoms with Crippen LogP contribution in [0.4, 0.5) is 0 Å². The summed E-state index contributed by atoms with van der Waals surface area (Å²) in [6.45, 7) is 2.06. The summed E-state index contributed by atoms with van der Waals surface area (Å²) in [5.41, 5.74) is 5.78. The summed E-state index contributed by atoms with van der Waals surface area (Å²) in [5.74, 6) is 0. The average molecular weight is 344 g/mol. The lowest BCUT2D eigenvalue weighted by Gasteiger charge is -2.16. The smallest absolute Gasteiger partial charge is 0.0921 e. The molecule has 0 aliphatic carbocycles. The second kappa shape index (κ2) is 19.2. The fourth-order valence-corrected chi connectivity index (χ4v) is 3.26. The van der Waals surface area contributed by atoms with Crippen LogP contribution in [0.5, 0.6) is 0 Å². The summed E-state index contributed by atoms with van der Waals surface area (Å²) in [4.78, 5) is 0. The van der Waals surface area contributed by atoms with Crippen LogP contribution in [-0.4, -0.2) is 29.0 Å². The van der Waals surface area contributed by atoms with E-state index in [-0.39, 0.29) is 12.6 Å². The van der Waals surface area contributed by atoms with E-state index in [1.807, 2.05) is 0 Å². The molecule has 0 radical (unpaired) electrons. The Kier molecular flexibility index (Phi) is 19.1. The molecule has 2 atom stereocenters. The van der Waals surface area contributed by atoms with Crippen molar-refractivity contribution < 1.29 is 10.2 Å². The Hall–Kier alpha value is -0.120. The van der Waals surface area contributed by atoms with E-state index in [4.69, 9.17) is 10.8 Å². The Balaban J connectivity index is 3.08. The van der Waals surface area contributed by atoms with Crippen LogP contribution in [0.3, 0.4) is 0 Å². The maximum absolute atomic E-state index is 9.38. The van der Waals surface area contributed by atoms with Crippen molar-refractivity contribution in [2.45, 2.75) is 128 Å². The van der Waals surface area contributed by atoms with Crippen molar-refractivity contribution >= 4 is 0 Å². The summed E-state index contributed by atoms with van der Waals surface area (Å²) < 4.78 is 0. The lowest BCUT2D eigenvalue weighted by atomic mass is 10.0. The third-order valence-electron chi connectivity index (χ3n) is 5.07. The van der Waals surface area contributed by atoms with Crippen molar-refractivity contribution in [2.75, 3.05) is 6.61 Å². The van der Waals surface area contributed by atoms with Crippen LogP contribution < -0.4 is 5.73 Å². The molecule has 0 unspecified atom stereocenters. The Morgan fingerprint density at radius 1 is 0.625 bits per heavy atom. The van der Waals surface area contributed by atoms with Crippen LogP contribution in [0.15, 0.2) is 0 Å². The van der Waals surface area contributed by atoms with E-state index in [1.165, 1.54) is 96.3 Å². The van der Waals surface area contributed by atoms with Crippen molar-refractivity contribution in [3.63, 3.8) is 0 Å². The highest BCUT2D eigenvalue weighted by Gasteiger charge is 2.12. The third-order valence-corrected chi connectivity index (χ3v) is 5.07. The van der Waals surface area contributed by atoms with Gasteiger partial charge in [-0.15, -0.1) is 0 Å². The number of rotatable bonds is 19. The van der Waals surface area contributed by atoms with Crippen LogP contribution in [0, 0.1) is 0 Å². The predicted molar refractivity (Wildman–Crippen MR) is 105 cm³/mol. The minimum Gasteiger partial charge on any atom is -0.394 e. The largest absolute Gasteiger partial charge is 0.394 e. The molecular formula is C21H45NO2. The number of unbranched alkanes of at least 4 members (excludes halogenated alkanes) is 15. The van der Waals surface area contributed by atoms with Gasteiger partial charge in [0.05, 0.1) is 12.7 Å². The minimum atomic E-state index is -0.749. The molecule has 0 aromatic rings. The maximum Gasteiger partial charge on any atom is 0.0921 e. The van der Waals surface area contributed by atoms with Crippen molar-refractivity contribution in [1.29, 1.82) is 0 Å². The molecule has 0 aliphatic heterocycles. The molecule has 0 aromatic carbocycles. The van der Waals surface area contributed by atoms with Crippen molar-refractivity contribution in [2.24, 2.45) is 5.73 Å². The van der Waals surface area contributed by atoms with Gasteiger partial charge in [-0.3, -0.25) is 0 Å². The van der Waals surface area contributed by atoms with E-state index in [9.17, 15) is 5.11 Å². The molecule has 0 saturated heterocycles. The SMILES string of the molecule is CCCCCCCCCCCCCCCCCC[C@H](N)[C@H](O)CO. The topological polar surface area (TPSA) is 66.5 Å². The molecular weight excluding hydrogens is 298 g/mol. The summed E-state index contributed by atoms with van der Waals surface area (Å²) in [7, 11) is 0. The van der Waals surface area contributed by atoms with Crippen molar-refractivity contribution in [1.82, 2.24) is 0 Å². The van der Waals surface area contributed by atoms with Gasteiger partial charge in [-0.25, -0.2) is 0 Å². The van der Waals surface area contributed by atoms with Gasteiger partial charge in [0.1, 0.15) is 0 Å². The van der Waals surface area contributed by atoms with E-state index in [0.29, 0.717) is 0 Å². The number of aliphatic hydroxyl groups excluding tert-OH is 2. The van der Waals surface area contributed by atoms with Gasteiger partial charge in [-0.05, 0) is 6.42 Å². The number of nitrogens with two attached hydrogens (primary N) is 1. The number of hydrogen-bond donors (Lipinski definition) is 3. The summed E-state index contributed by atoms with van der Waals surface area (Å²) in [6, 6.07) is -0.262. The van der Waals surface area contributed by atoms with Crippen LogP contribution >= 0.6 is 0 Å². The van der Waals surface area contributed by atoms with Gasteiger partial charge in [0, 0.05) is 6.04 Å². The zero-order valence-electron chi connectivity index (χ0n) is 16.4. The van der Waals surface area contributed by atoms with E-state index in [1.54, 1.807) is 0 Å². The highest BCUT2D eigenvalue weighted by Crippen LogP contribution is 2.14. The zero-order chi connectivity index (χ0) is 17.9. The van der Waals surface area contributed by atoms with Gasteiger partial charge in [0.25, 0.3) is 0 Å². The highest BCUT2D eigenvalue weighted by atomic mass is 16.3. The highest BCUT2D eigenvalue weighted by molar-refractivity contribution is 4.70. The zero-order valence-corrected chi connectivity index (χ0v) is 16.4. The van der Waals surface area contributed by atoms with Gasteiger partial charge in [0.15, 0.2) is 0 Å². The fraction of sp³-hybridized carbons (Fsp3) is 1.00. The van der Waals surface area contributed by atoms with Crippen molar-refractivity contribution in [3.8, 4) is 0 Å². The molecule has 0 bridgehead atoms. The molecule has 0 fully saturated rings. The van der Waals surface area contributed by atoms with Gasteiger partial charge < -0.3 is 15.9 Å². The Bertz CT molecular complexity index is 236.